The van der Waals surface area contributed by atoms with Crippen LogP contribution in [-0.4, -0.2) is 41.7 Å². The molecule has 0 heterocycles. The van der Waals surface area contributed by atoms with Gasteiger partial charge >= 0.3 is 6.18 Å². The molecule has 0 saturated heterocycles. The van der Waals surface area contributed by atoms with Crippen molar-refractivity contribution in [2.75, 3.05) is 13.2 Å². The van der Waals surface area contributed by atoms with E-state index in [1.165, 1.54) is 0 Å². The highest BCUT2D eigenvalue weighted by atomic mass is 19.4. The van der Waals surface area contributed by atoms with E-state index in [1.807, 2.05) is 0 Å². The average molecular weight is 201 g/mol. The number of rotatable bonds is 5. The Morgan fingerprint density at radius 3 is 2.31 bits per heavy atom. The molecule has 2 unspecified atom stereocenters. The van der Waals surface area contributed by atoms with Crippen LogP contribution in [0.25, 0.3) is 0 Å². The summed E-state index contributed by atoms with van der Waals surface area (Å²) < 4.78 is 35.2. The molecule has 0 aromatic heterocycles. The largest absolute Gasteiger partial charge is 0.415 e. The van der Waals surface area contributed by atoms with Gasteiger partial charge in [0, 0.05) is 19.2 Å². The topological polar surface area (TPSA) is 52.5 Å². The predicted molar refractivity (Wildman–Crippen MR) is 41.2 cm³/mol. The van der Waals surface area contributed by atoms with Crippen LogP contribution in [0.1, 0.15) is 13.3 Å². The van der Waals surface area contributed by atoms with Gasteiger partial charge in [0.05, 0.1) is 0 Å². The Balaban J connectivity index is 3.63. The monoisotopic (exact) mass is 201 g/mol. The molecule has 0 aliphatic carbocycles. The summed E-state index contributed by atoms with van der Waals surface area (Å²) in [5, 5.41) is 19.4. The molecule has 13 heavy (non-hydrogen) atoms. The highest BCUT2D eigenvalue weighted by molar-refractivity contribution is 4.70. The summed E-state index contributed by atoms with van der Waals surface area (Å²) in [6, 6.07) is -0.234. The zero-order valence-electron chi connectivity index (χ0n) is 7.30. The lowest BCUT2D eigenvalue weighted by molar-refractivity contribution is -0.202. The van der Waals surface area contributed by atoms with Crippen LogP contribution in [0.5, 0.6) is 0 Å². The van der Waals surface area contributed by atoms with E-state index < -0.39 is 18.8 Å². The first-order chi connectivity index (χ1) is 5.88. The first-order valence-corrected chi connectivity index (χ1v) is 3.97. The van der Waals surface area contributed by atoms with Crippen molar-refractivity contribution in [3.8, 4) is 0 Å². The fraction of sp³-hybridized carbons (Fsp3) is 1.00. The summed E-state index contributed by atoms with van der Waals surface area (Å²) in [7, 11) is 0. The molecule has 2 atom stereocenters. The molecule has 0 aromatic rings. The third-order valence-corrected chi connectivity index (χ3v) is 1.60. The lowest BCUT2D eigenvalue weighted by Crippen LogP contribution is -2.41. The number of aliphatic hydroxyl groups excluding tert-OH is 2. The van der Waals surface area contributed by atoms with Crippen LogP contribution in [0.4, 0.5) is 13.2 Å². The molecule has 3 N–H and O–H groups in total. The molecule has 0 aliphatic heterocycles. The van der Waals surface area contributed by atoms with Crippen molar-refractivity contribution in [1.82, 2.24) is 5.32 Å². The molecule has 0 aromatic carbocycles. The Bertz CT molecular complexity index is 140. The van der Waals surface area contributed by atoms with Crippen LogP contribution >= 0.6 is 0 Å². The summed E-state index contributed by atoms with van der Waals surface area (Å²) in [6.07, 6.45) is -6.55. The molecule has 0 aliphatic rings. The molecule has 0 bridgehead atoms. The summed E-state index contributed by atoms with van der Waals surface area (Å²) in [6.45, 7) is 1.01. The quantitative estimate of drug-likeness (QED) is 0.598. The van der Waals surface area contributed by atoms with E-state index in [4.69, 9.17) is 10.2 Å². The van der Waals surface area contributed by atoms with Gasteiger partial charge in [-0.15, -0.1) is 0 Å². The second-order valence-electron chi connectivity index (χ2n) is 2.88. The Labute approximate surface area is 74.6 Å². The molecule has 0 radical (unpaired) electrons. The summed E-state index contributed by atoms with van der Waals surface area (Å²) >= 11 is 0. The maximum atomic E-state index is 11.7. The van der Waals surface area contributed by atoms with Crippen LogP contribution in [0.15, 0.2) is 0 Å². The van der Waals surface area contributed by atoms with Gasteiger partial charge < -0.3 is 15.5 Å². The molecule has 3 nitrogen and oxygen atoms in total. The number of aliphatic hydroxyl groups is 2. The number of hydrogen-bond donors (Lipinski definition) is 3. The van der Waals surface area contributed by atoms with Crippen molar-refractivity contribution in [3.05, 3.63) is 0 Å². The van der Waals surface area contributed by atoms with Crippen LogP contribution in [0.3, 0.4) is 0 Å². The van der Waals surface area contributed by atoms with Crippen LogP contribution in [-0.2, 0) is 0 Å². The minimum Gasteiger partial charge on any atom is -0.396 e. The van der Waals surface area contributed by atoms with Gasteiger partial charge in [-0.2, -0.15) is 13.2 Å². The van der Waals surface area contributed by atoms with E-state index in [1.54, 1.807) is 6.92 Å². The number of alkyl halides is 3. The molecular formula is C7H14F3NO2. The molecule has 0 fully saturated rings. The van der Waals surface area contributed by atoms with Gasteiger partial charge in [-0.05, 0) is 13.3 Å². The van der Waals surface area contributed by atoms with Crippen molar-refractivity contribution < 1.29 is 23.4 Å². The Kier molecular flexibility index (Phi) is 5.27. The predicted octanol–water partition coefficient (Wildman–Crippen LogP) is 0.270. The van der Waals surface area contributed by atoms with E-state index in [2.05, 4.69) is 5.32 Å². The van der Waals surface area contributed by atoms with Gasteiger partial charge in [0.2, 0.25) is 0 Å². The molecule has 0 saturated carbocycles. The molecule has 0 spiro atoms. The first kappa shape index (κ1) is 12.7. The summed E-state index contributed by atoms with van der Waals surface area (Å²) in [5.74, 6) is 0. The highest BCUT2D eigenvalue weighted by Crippen LogP contribution is 2.19. The van der Waals surface area contributed by atoms with E-state index in [0.717, 1.165) is 0 Å². The van der Waals surface area contributed by atoms with Gasteiger partial charge in [-0.3, -0.25) is 0 Å². The molecule has 0 rings (SSSR count). The second-order valence-corrected chi connectivity index (χ2v) is 2.88. The standard InChI is InChI=1S/C7H14F3NO2/c1-5(2-3-12)11-4-6(13)7(8,9)10/h5-6,11-13H,2-4H2,1H3. The van der Waals surface area contributed by atoms with Crippen molar-refractivity contribution in [1.29, 1.82) is 0 Å². The SMILES string of the molecule is CC(CCO)NCC(O)C(F)(F)F. The van der Waals surface area contributed by atoms with Crippen molar-refractivity contribution in [2.24, 2.45) is 0 Å². The van der Waals surface area contributed by atoms with Gasteiger partial charge in [0.25, 0.3) is 0 Å². The second kappa shape index (κ2) is 5.41. The van der Waals surface area contributed by atoms with Crippen LogP contribution in [0.2, 0.25) is 0 Å². The minimum atomic E-state index is -4.58. The van der Waals surface area contributed by atoms with Gasteiger partial charge in [0.1, 0.15) is 0 Å². The zero-order chi connectivity index (χ0) is 10.5. The summed E-state index contributed by atoms with van der Waals surface area (Å²) in [4.78, 5) is 0. The Morgan fingerprint density at radius 2 is 1.92 bits per heavy atom. The summed E-state index contributed by atoms with van der Waals surface area (Å²) in [5.41, 5.74) is 0. The zero-order valence-corrected chi connectivity index (χ0v) is 7.30. The Hall–Kier alpha value is -0.330. The Morgan fingerprint density at radius 1 is 1.38 bits per heavy atom. The third-order valence-electron chi connectivity index (χ3n) is 1.60. The maximum Gasteiger partial charge on any atom is 0.415 e. The fourth-order valence-electron chi connectivity index (χ4n) is 0.724. The van der Waals surface area contributed by atoms with E-state index in [0.29, 0.717) is 6.42 Å². The normalized spacial score (nSPS) is 17.1. The van der Waals surface area contributed by atoms with E-state index in [9.17, 15) is 13.2 Å². The van der Waals surface area contributed by atoms with Crippen LogP contribution < -0.4 is 5.32 Å². The van der Waals surface area contributed by atoms with E-state index >= 15 is 0 Å². The fourth-order valence-corrected chi connectivity index (χ4v) is 0.724. The lowest BCUT2D eigenvalue weighted by atomic mass is 10.2. The highest BCUT2D eigenvalue weighted by Gasteiger charge is 2.37. The van der Waals surface area contributed by atoms with Gasteiger partial charge in [0.15, 0.2) is 6.10 Å². The van der Waals surface area contributed by atoms with E-state index in [-0.39, 0.29) is 12.6 Å². The number of hydrogen-bond acceptors (Lipinski definition) is 3. The molecule has 80 valence electrons. The van der Waals surface area contributed by atoms with Crippen LogP contribution in [0, 0.1) is 0 Å². The third kappa shape index (κ3) is 5.84. The molecular weight excluding hydrogens is 187 g/mol. The molecule has 6 heteroatoms. The van der Waals surface area contributed by atoms with Crippen molar-refractivity contribution in [3.63, 3.8) is 0 Å². The minimum absolute atomic E-state index is 0.0870. The van der Waals surface area contributed by atoms with Crippen molar-refractivity contribution in [2.45, 2.75) is 31.7 Å². The lowest BCUT2D eigenvalue weighted by Gasteiger charge is -2.18. The first-order valence-electron chi connectivity index (χ1n) is 3.97. The van der Waals surface area contributed by atoms with Crippen molar-refractivity contribution >= 4 is 0 Å². The number of nitrogens with one attached hydrogen (secondary N) is 1. The molecule has 0 amide bonds. The number of halogens is 3. The smallest absolute Gasteiger partial charge is 0.396 e. The maximum absolute atomic E-state index is 11.7. The average Bonchev–Trinajstić information content (AvgIpc) is 1.99. The van der Waals surface area contributed by atoms with Gasteiger partial charge in [-0.1, -0.05) is 0 Å². The van der Waals surface area contributed by atoms with Gasteiger partial charge in [-0.25, -0.2) is 0 Å².